The van der Waals surface area contributed by atoms with Gasteiger partial charge in [-0.15, -0.1) is 0 Å². The lowest BCUT2D eigenvalue weighted by molar-refractivity contribution is -0.138. The molecule has 3 aromatic rings. The Hall–Kier alpha value is -3.74. The van der Waals surface area contributed by atoms with Gasteiger partial charge in [-0.25, -0.2) is 14.4 Å². The van der Waals surface area contributed by atoms with Gasteiger partial charge in [0.05, 0.1) is 11.3 Å². The van der Waals surface area contributed by atoms with E-state index in [1.807, 2.05) is 4.90 Å². The van der Waals surface area contributed by atoms with Crippen LogP contribution in [0, 0.1) is 5.82 Å². The number of carboxylic acids is 1. The maximum Gasteiger partial charge on any atom is 0.418 e. The fraction of sp³-hybridized carbons (Fsp3) is 0.370. The summed E-state index contributed by atoms with van der Waals surface area (Å²) in [6.07, 6.45) is -1.36. The highest BCUT2D eigenvalue weighted by atomic mass is 32.2. The van der Waals surface area contributed by atoms with Crippen LogP contribution in [-0.2, 0) is 27.4 Å². The summed E-state index contributed by atoms with van der Waals surface area (Å²) >= 11 is 0. The number of benzene rings is 1. The molecule has 0 spiro atoms. The number of aliphatic carboxylic acids is 1. The molecule has 0 atom stereocenters. The number of rotatable bonds is 4. The van der Waals surface area contributed by atoms with Crippen LogP contribution in [0.4, 0.5) is 29.2 Å². The van der Waals surface area contributed by atoms with Crippen LogP contribution in [0.2, 0.25) is 0 Å². The molecular formula is C27H28F4N4O4S. The molecule has 8 nitrogen and oxygen atoms in total. The predicted octanol–water partition coefficient (Wildman–Crippen LogP) is 5.89. The van der Waals surface area contributed by atoms with Crippen LogP contribution in [0.5, 0.6) is 0 Å². The lowest BCUT2D eigenvalue weighted by Gasteiger charge is -2.24. The van der Waals surface area contributed by atoms with Crippen LogP contribution in [-0.4, -0.2) is 42.6 Å². The fourth-order valence-electron chi connectivity index (χ4n) is 4.59. The quantitative estimate of drug-likeness (QED) is 0.370. The third-order valence-electron chi connectivity index (χ3n) is 6.52. The van der Waals surface area contributed by atoms with E-state index in [4.69, 9.17) is 5.11 Å². The van der Waals surface area contributed by atoms with Crippen LogP contribution >= 0.6 is 0 Å². The van der Waals surface area contributed by atoms with Crippen molar-refractivity contribution in [1.29, 1.82) is 0 Å². The number of pyridine rings is 2. The molecule has 214 valence electrons. The number of alkyl halides is 3. The lowest BCUT2D eigenvalue weighted by Crippen LogP contribution is -2.28. The van der Waals surface area contributed by atoms with Gasteiger partial charge >= 0.3 is 12.1 Å². The molecule has 3 heterocycles. The largest absolute Gasteiger partial charge is 0.481 e. The number of hydrogen-bond donors (Lipinski definition) is 2. The van der Waals surface area contributed by atoms with Gasteiger partial charge in [0.1, 0.15) is 17.5 Å². The van der Waals surface area contributed by atoms with E-state index < -0.39 is 39.2 Å². The number of nitrogens with one attached hydrogen (secondary N) is 1. The van der Waals surface area contributed by atoms with E-state index in [1.165, 1.54) is 24.3 Å². The Bertz CT molecular complexity index is 1480. The van der Waals surface area contributed by atoms with Crippen molar-refractivity contribution in [3.63, 3.8) is 0 Å². The van der Waals surface area contributed by atoms with Gasteiger partial charge in [-0.3, -0.25) is 9.52 Å². The van der Waals surface area contributed by atoms with Gasteiger partial charge < -0.3 is 10.0 Å². The highest BCUT2D eigenvalue weighted by molar-refractivity contribution is 7.92. The zero-order chi connectivity index (χ0) is 28.9. The maximum atomic E-state index is 14.3. The summed E-state index contributed by atoms with van der Waals surface area (Å²) in [4.78, 5) is 21.1. The zero-order valence-corrected chi connectivity index (χ0v) is 22.2. The Balaban J connectivity index is 1.79. The monoisotopic (exact) mass is 580 g/mol. The van der Waals surface area contributed by atoms with E-state index in [0.29, 0.717) is 50.2 Å². The van der Waals surface area contributed by atoms with Gasteiger partial charge in [0.15, 0.2) is 5.03 Å². The summed E-state index contributed by atoms with van der Waals surface area (Å²) in [5.74, 6) is -1.73. The number of aryl methyl sites for hydroxylation is 1. The predicted molar refractivity (Wildman–Crippen MR) is 141 cm³/mol. The Labute approximate surface area is 229 Å². The van der Waals surface area contributed by atoms with E-state index in [0.717, 1.165) is 31.0 Å². The SMILES string of the molecule is O=C(O)CCCN1CCCCCCc2ccc(F)cc2-c2nc(ccc2C(F)(F)F)NS(=O)(=O)c2cccc1n2. The molecule has 13 heteroatoms. The van der Waals surface area contributed by atoms with Crippen LogP contribution in [0.25, 0.3) is 11.3 Å². The summed E-state index contributed by atoms with van der Waals surface area (Å²) in [5, 5.41) is 8.64. The highest BCUT2D eigenvalue weighted by Gasteiger charge is 2.35. The second-order valence-corrected chi connectivity index (χ2v) is 11.1. The third-order valence-corrected chi connectivity index (χ3v) is 7.77. The molecule has 0 amide bonds. The van der Waals surface area contributed by atoms with Crippen molar-refractivity contribution >= 4 is 27.6 Å². The molecule has 40 heavy (non-hydrogen) atoms. The minimum atomic E-state index is -4.82. The normalized spacial score (nSPS) is 15.9. The molecule has 2 aromatic heterocycles. The molecule has 2 N–H and O–H groups in total. The smallest absolute Gasteiger partial charge is 0.418 e. The topological polar surface area (TPSA) is 112 Å². The average Bonchev–Trinajstić information content (AvgIpc) is 2.88. The molecule has 1 aliphatic rings. The Kier molecular flexibility index (Phi) is 8.92. The number of fused-ring (bicyclic) bond motifs is 6. The molecule has 0 fully saturated rings. The van der Waals surface area contributed by atoms with E-state index in [2.05, 4.69) is 14.7 Å². The summed E-state index contributed by atoms with van der Waals surface area (Å²) in [6.45, 7) is 0.849. The van der Waals surface area contributed by atoms with Crippen molar-refractivity contribution in [3.05, 3.63) is 65.5 Å². The molecule has 0 unspecified atom stereocenters. The van der Waals surface area contributed by atoms with Gasteiger partial charge in [0.25, 0.3) is 10.0 Å². The number of halogens is 4. The van der Waals surface area contributed by atoms with Crippen LogP contribution in [0.15, 0.2) is 53.6 Å². The third kappa shape index (κ3) is 7.26. The molecule has 1 aromatic carbocycles. The average molecular weight is 581 g/mol. The first-order valence-electron chi connectivity index (χ1n) is 12.8. The Morgan fingerprint density at radius 2 is 1.80 bits per heavy atom. The molecule has 0 saturated heterocycles. The van der Waals surface area contributed by atoms with Gasteiger partial charge in [0, 0.05) is 25.1 Å². The molecule has 1 aliphatic heterocycles. The molecular weight excluding hydrogens is 552 g/mol. The van der Waals surface area contributed by atoms with Crippen LogP contribution < -0.4 is 9.62 Å². The summed E-state index contributed by atoms with van der Waals surface area (Å²) in [6, 6.07) is 9.56. The Morgan fingerprint density at radius 3 is 2.55 bits per heavy atom. The second kappa shape index (κ2) is 12.2. The van der Waals surface area contributed by atoms with Gasteiger partial charge in [0.2, 0.25) is 0 Å². The molecule has 0 aliphatic carbocycles. The van der Waals surface area contributed by atoms with Crippen molar-refractivity contribution in [2.45, 2.75) is 56.1 Å². The van der Waals surface area contributed by atoms with E-state index in [9.17, 15) is 30.8 Å². The summed E-state index contributed by atoms with van der Waals surface area (Å²) in [5.41, 5.74) is -1.27. The summed E-state index contributed by atoms with van der Waals surface area (Å²) in [7, 11) is -4.38. The maximum absolute atomic E-state index is 14.3. The lowest BCUT2D eigenvalue weighted by atomic mass is 9.95. The van der Waals surface area contributed by atoms with E-state index in [-0.39, 0.29) is 22.8 Å². The minimum Gasteiger partial charge on any atom is -0.481 e. The standard InChI is InChI=1S/C27H28F4N4O4S/c28-19-12-11-18-7-3-1-2-4-15-35(16-6-10-25(36)37)23-8-5-9-24(33-23)40(38,39)34-22-14-13-21(27(29,30)31)26(32-22)20(18)17-19/h5,8-9,11-14,17H,1-4,6-7,10,15-16H2,(H,32,34)(H,36,37). The molecule has 4 rings (SSSR count). The van der Waals surface area contributed by atoms with Crippen molar-refractivity contribution in [2.24, 2.45) is 0 Å². The van der Waals surface area contributed by atoms with Crippen molar-refractivity contribution in [3.8, 4) is 11.3 Å². The first kappa shape index (κ1) is 29.2. The van der Waals surface area contributed by atoms with Crippen molar-refractivity contribution in [1.82, 2.24) is 9.97 Å². The van der Waals surface area contributed by atoms with Gasteiger partial charge in [-0.05, 0) is 67.6 Å². The van der Waals surface area contributed by atoms with Crippen LogP contribution in [0.1, 0.15) is 49.7 Å². The van der Waals surface area contributed by atoms with Gasteiger partial charge in [-0.2, -0.15) is 21.6 Å². The van der Waals surface area contributed by atoms with Crippen molar-refractivity contribution in [2.75, 3.05) is 22.7 Å². The van der Waals surface area contributed by atoms with Crippen molar-refractivity contribution < 1.29 is 35.9 Å². The first-order valence-corrected chi connectivity index (χ1v) is 14.3. The second-order valence-electron chi connectivity index (χ2n) is 9.48. The number of carbonyl (C=O) groups is 1. The number of aromatic nitrogens is 2. The fourth-order valence-corrected chi connectivity index (χ4v) is 5.56. The van der Waals surface area contributed by atoms with Crippen LogP contribution in [0.3, 0.4) is 0 Å². The number of carboxylic acid groups (broad SMARTS) is 1. The van der Waals surface area contributed by atoms with E-state index >= 15 is 0 Å². The number of sulfonamides is 1. The number of nitrogens with zero attached hydrogens (tertiary/aromatic N) is 3. The number of hydrogen-bond acceptors (Lipinski definition) is 6. The first-order chi connectivity index (χ1) is 18.9. The molecule has 0 saturated carbocycles. The molecule has 0 radical (unpaired) electrons. The number of anilines is 2. The minimum absolute atomic E-state index is 0.0533. The zero-order valence-electron chi connectivity index (χ0n) is 21.4. The molecule has 4 bridgehead atoms. The summed E-state index contributed by atoms with van der Waals surface area (Å²) < 4.78 is 84.8. The Morgan fingerprint density at radius 1 is 1.02 bits per heavy atom. The highest BCUT2D eigenvalue weighted by Crippen LogP contribution is 2.39. The van der Waals surface area contributed by atoms with Gasteiger partial charge in [-0.1, -0.05) is 25.0 Å². The van der Waals surface area contributed by atoms with E-state index in [1.54, 1.807) is 6.07 Å².